The maximum atomic E-state index is 12.3. The first-order chi connectivity index (χ1) is 8.93. The molecule has 0 aliphatic carbocycles. The molecule has 1 rings (SSSR count). The van der Waals surface area contributed by atoms with E-state index < -0.39 is 0 Å². The number of carbonyl (C=O) groups is 1. The van der Waals surface area contributed by atoms with Crippen LogP contribution >= 0.6 is 0 Å². The van der Waals surface area contributed by atoms with E-state index in [4.69, 9.17) is 0 Å². The van der Waals surface area contributed by atoms with Crippen LogP contribution in [0.3, 0.4) is 0 Å². The van der Waals surface area contributed by atoms with Gasteiger partial charge in [0.25, 0.3) is 0 Å². The Morgan fingerprint density at radius 3 is 2.21 bits per heavy atom. The number of ketones is 1. The van der Waals surface area contributed by atoms with E-state index in [-0.39, 0.29) is 12.0 Å². The minimum atomic E-state index is -0.0154. The largest absolute Gasteiger partial charge is 0.304 e. The fourth-order valence-corrected chi connectivity index (χ4v) is 2.38. The summed E-state index contributed by atoms with van der Waals surface area (Å²) in [6.07, 6.45) is 1.06. The highest BCUT2D eigenvalue weighted by atomic mass is 16.1. The van der Waals surface area contributed by atoms with E-state index in [1.807, 2.05) is 13.8 Å². The molecule has 0 radical (unpaired) electrons. The SMILES string of the molecule is CCC(C)NC(CN1CCN(C)CC1)C(=O)C(C)C. The van der Waals surface area contributed by atoms with E-state index in [0.29, 0.717) is 11.8 Å². The van der Waals surface area contributed by atoms with Crippen LogP contribution in [0.1, 0.15) is 34.1 Å². The van der Waals surface area contributed by atoms with Gasteiger partial charge >= 0.3 is 0 Å². The molecule has 112 valence electrons. The smallest absolute Gasteiger partial charge is 0.153 e. The van der Waals surface area contributed by atoms with Crippen LogP contribution in [0.15, 0.2) is 0 Å². The third-order valence-corrected chi connectivity index (χ3v) is 4.05. The van der Waals surface area contributed by atoms with E-state index in [0.717, 1.165) is 39.1 Å². The standard InChI is InChI=1S/C15H31N3O/c1-6-13(4)16-14(15(19)12(2)3)11-18-9-7-17(5)8-10-18/h12-14,16H,6-11H2,1-5H3. The predicted octanol–water partition coefficient (Wildman–Crippen LogP) is 1.22. The van der Waals surface area contributed by atoms with Crippen LogP contribution in [-0.4, -0.2) is 67.4 Å². The second-order valence-corrected chi connectivity index (χ2v) is 6.19. The summed E-state index contributed by atoms with van der Waals surface area (Å²) in [7, 11) is 2.16. The maximum absolute atomic E-state index is 12.3. The van der Waals surface area contributed by atoms with Crippen molar-refractivity contribution in [3.8, 4) is 0 Å². The lowest BCUT2D eigenvalue weighted by atomic mass is 10.00. The first-order valence-electron chi connectivity index (χ1n) is 7.64. The van der Waals surface area contributed by atoms with Crippen LogP contribution in [0.5, 0.6) is 0 Å². The Morgan fingerprint density at radius 1 is 1.16 bits per heavy atom. The van der Waals surface area contributed by atoms with Gasteiger partial charge in [0.05, 0.1) is 6.04 Å². The van der Waals surface area contributed by atoms with Gasteiger partial charge in [-0.1, -0.05) is 20.8 Å². The average molecular weight is 269 g/mol. The summed E-state index contributed by atoms with van der Waals surface area (Å²) in [5.74, 6) is 0.452. The molecule has 1 heterocycles. The Hall–Kier alpha value is -0.450. The molecule has 1 aliphatic heterocycles. The maximum Gasteiger partial charge on any atom is 0.153 e. The van der Waals surface area contributed by atoms with Crippen LogP contribution in [-0.2, 0) is 4.79 Å². The van der Waals surface area contributed by atoms with Gasteiger partial charge in [-0.05, 0) is 20.4 Å². The average Bonchev–Trinajstić information content (AvgIpc) is 2.39. The molecule has 2 atom stereocenters. The van der Waals surface area contributed by atoms with Crippen molar-refractivity contribution in [2.45, 2.75) is 46.2 Å². The number of carbonyl (C=O) groups excluding carboxylic acids is 1. The first-order valence-corrected chi connectivity index (χ1v) is 7.64. The van der Waals surface area contributed by atoms with Gasteiger partial charge in [0, 0.05) is 44.7 Å². The first kappa shape index (κ1) is 16.6. The lowest BCUT2D eigenvalue weighted by molar-refractivity contribution is -0.124. The highest BCUT2D eigenvalue weighted by Crippen LogP contribution is 2.07. The lowest BCUT2D eigenvalue weighted by Gasteiger charge is -2.35. The van der Waals surface area contributed by atoms with Crippen LogP contribution in [0.25, 0.3) is 0 Å². The van der Waals surface area contributed by atoms with Gasteiger partial charge < -0.3 is 10.2 Å². The Labute approximate surface area is 118 Å². The molecule has 0 saturated carbocycles. The molecular formula is C15H31N3O. The fraction of sp³-hybridized carbons (Fsp3) is 0.933. The minimum absolute atomic E-state index is 0.0154. The number of hydrogen-bond acceptors (Lipinski definition) is 4. The number of hydrogen-bond donors (Lipinski definition) is 1. The highest BCUT2D eigenvalue weighted by Gasteiger charge is 2.26. The van der Waals surface area contributed by atoms with E-state index >= 15 is 0 Å². The lowest BCUT2D eigenvalue weighted by Crippen LogP contribution is -2.54. The topological polar surface area (TPSA) is 35.6 Å². The predicted molar refractivity (Wildman–Crippen MR) is 80.5 cm³/mol. The van der Waals surface area contributed by atoms with Crippen molar-refractivity contribution in [2.75, 3.05) is 39.8 Å². The number of piperazine rings is 1. The van der Waals surface area contributed by atoms with Crippen molar-refractivity contribution < 1.29 is 4.79 Å². The quantitative estimate of drug-likeness (QED) is 0.754. The van der Waals surface area contributed by atoms with Gasteiger partial charge in [-0.25, -0.2) is 0 Å². The molecule has 4 nitrogen and oxygen atoms in total. The van der Waals surface area contributed by atoms with E-state index in [9.17, 15) is 4.79 Å². The second-order valence-electron chi connectivity index (χ2n) is 6.19. The Kier molecular flexibility index (Phi) is 6.97. The molecule has 0 bridgehead atoms. The molecule has 0 spiro atoms. The zero-order chi connectivity index (χ0) is 14.4. The van der Waals surface area contributed by atoms with Gasteiger partial charge in [0.15, 0.2) is 5.78 Å². The fourth-order valence-electron chi connectivity index (χ4n) is 2.38. The van der Waals surface area contributed by atoms with Crippen LogP contribution in [0.2, 0.25) is 0 Å². The molecule has 4 heteroatoms. The van der Waals surface area contributed by atoms with E-state index in [1.54, 1.807) is 0 Å². The number of Topliss-reactive ketones (excluding diaryl/α,β-unsaturated/α-hetero) is 1. The summed E-state index contributed by atoms with van der Waals surface area (Å²) < 4.78 is 0. The van der Waals surface area contributed by atoms with Crippen molar-refractivity contribution in [3.05, 3.63) is 0 Å². The molecule has 0 amide bonds. The molecular weight excluding hydrogens is 238 g/mol. The third kappa shape index (κ3) is 5.59. The van der Waals surface area contributed by atoms with Crippen molar-refractivity contribution in [1.82, 2.24) is 15.1 Å². The molecule has 1 N–H and O–H groups in total. The van der Waals surface area contributed by atoms with Gasteiger partial charge in [0.2, 0.25) is 0 Å². The molecule has 1 fully saturated rings. The van der Waals surface area contributed by atoms with E-state index in [1.165, 1.54) is 0 Å². The summed E-state index contributed by atoms with van der Waals surface area (Å²) in [6.45, 7) is 13.5. The summed E-state index contributed by atoms with van der Waals surface area (Å²) >= 11 is 0. The molecule has 2 unspecified atom stereocenters. The monoisotopic (exact) mass is 269 g/mol. The normalized spacial score (nSPS) is 21.6. The second kappa shape index (κ2) is 7.98. The molecule has 0 aromatic heterocycles. The minimum Gasteiger partial charge on any atom is -0.304 e. The summed E-state index contributed by atoms with van der Waals surface area (Å²) in [4.78, 5) is 17.1. The van der Waals surface area contributed by atoms with Crippen molar-refractivity contribution in [1.29, 1.82) is 0 Å². The molecule has 0 aromatic rings. The number of nitrogens with zero attached hydrogens (tertiary/aromatic N) is 2. The molecule has 19 heavy (non-hydrogen) atoms. The molecule has 1 saturated heterocycles. The van der Waals surface area contributed by atoms with Gasteiger partial charge in [-0.3, -0.25) is 9.69 Å². The number of rotatable bonds is 7. The van der Waals surface area contributed by atoms with Crippen LogP contribution < -0.4 is 5.32 Å². The van der Waals surface area contributed by atoms with Gasteiger partial charge in [-0.15, -0.1) is 0 Å². The Bertz CT molecular complexity index is 273. The zero-order valence-corrected chi connectivity index (χ0v) is 13.3. The number of likely N-dealkylation sites (N-methyl/N-ethyl adjacent to an activating group) is 1. The highest BCUT2D eigenvalue weighted by molar-refractivity contribution is 5.86. The van der Waals surface area contributed by atoms with Gasteiger partial charge in [-0.2, -0.15) is 0 Å². The van der Waals surface area contributed by atoms with Crippen molar-refractivity contribution in [2.24, 2.45) is 5.92 Å². The summed E-state index contributed by atoms with van der Waals surface area (Å²) in [5.41, 5.74) is 0. The molecule has 1 aliphatic rings. The number of nitrogens with one attached hydrogen (secondary N) is 1. The summed E-state index contributed by atoms with van der Waals surface area (Å²) in [6, 6.07) is 0.388. The van der Waals surface area contributed by atoms with Crippen molar-refractivity contribution >= 4 is 5.78 Å². The molecule has 0 aromatic carbocycles. The Balaban J connectivity index is 2.55. The Morgan fingerprint density at radius 2 is 1.74 bits per heavy atom. The van der Waals surface area contributed by atoms with E-state index in [2.05, 4.69) is 36.0 Å². The van der Waals surface area contributed by atoms with Crippen molar-refractivity contribution in [3.63, 3.8) is 0 Å². The van der Waals surface area contributed by atoms with Crippen LogP contribution in [0.4, 0.5) is 0 Å². The van der Waals surface area contributed by atoms with Gasteiger partial charge in [0.1, 0.15) is 0 Å². The summed E-state index contributed by atoms with van der Waals surface area (Å²) in [5, 5.41) is 3.50. The zero-order valence-electron chi connectivity index (χ0n) is 13.3. The van der Waals surface area contributed by atoms with Crippen LogP contribution in [0, 0.1) is 5.92 Å². The third-order valence-electron chi connectivity index (χ3n) is 4.05.